The lowest BCUT2D eigenvalue weighted by atomic mass is 9.88. The second-order valence-electron chi connectivity index (χ2n) is 7.56. The van der Waals surface area contributed by atoms with E-state index < -0.39 is 0 Å². The first kappa shape index (κ1) is 15.3. The lowest BCUT2D eigenvalue weighted by molar-refractivity contribution is 0.0268. The molecule has 2 aliphatic rings. The van der Waals surface area contributed by atoms with Crippen molar-refractivity contribution in [1.82, 2.24) is 10.2 Å². The fourth-order valence-corrected chi connectivity index (χ4v) is 4.00. The third-order valence-corrected chi connectivity index (χ3v) is 5.35. The summed E-state index contributed by atoms with van der Waals surface area (Å²) in [6.45, 7) is 13.3. The van der Waals surface area contributed by atoms with Gasteiger partial charge in [0.05, 0.1) is 0 Å². The summed E-state index contributed by atoms with van der Waals surface area (Å²) >= 11 is 0. The maximum atomic E-state index is 3.86. The molecule has 1 spiro atoms. The molecule has 1 saturated carbocycles. The van der Waals surface area contributed by atoms with Crippen LogP contribution < -0.4 is 5.32 Å². The maximum Gasteiger partial charge on any atom is 0.0334 e. The van der Waals surface area contributed by atoms with Crippen molar-refractivity contribution in [2.45, 2.75) is 77.8 Å². The molecule has 0 aromatic rings. The number of piperazine rings is 1. The van der Waals surface area contributed by atoms with Crippen LogP contribution in [0.15, 0.2) is 0 Å². The van der Waals surface area contributed by atoms with Crippen LogP contribution in [0.5, 0.6) is 0 Å². The molecule has 0 aromatic carbocycles. The third kappa shape index (κ3) is 3.72. The Hall–Kier alpha value is -0.0800. The highest BCUT2D eigenvalue weighted by Crippen LogP contribution is 2.37. The standard InChI is InChI=1S/C17H34N2/c1-5-15(4)11-19-12-16(10-14(2)3)18-13-17(19)8-6-7-9-17/h14-16,18H,5-13H2,1-4H3. The summed E-state index contributed by atoms with van der Waals surface area (Å²) in [6.07, 6.45) is 8.36. The summed E-state index contributed by atoms with van der Waals surface area (Å²) in [5.41, 5.74) is 0.511. The number of hydrogen-bond donors (Lipinski definition) is 1. The minimum Gasteiger partial charge on any atom is -0.311 e. The Morgan fingerprint density at radius 2 is 1.89 bits per heavy atom. The second-order valence-corrected chi connectivity index (χ2v) is 7.56. The molecule has 2 atom stereocenters. The molecule has 2 rings (SSSR count). The first-order chi connectivity index (χ1) is 9.05. The van der Waals surface area contributed by atoms with Gasteiger partial charge in [-0.3, -0.25) is 4.90 Å². The smallest absolute Gasteiger partial charge is 0.0334 e. The van der Waals surface area contributed by atoms with Crippen molar-refractivity contribution >= 4 is 0 Å². The Morgan fingerprint density at radius 1 is 1.21 bits per heavy atom. The van der Waals surface area contributed by atoms with E-state index in [0.717, 1.165) is 17.9 Å². The highest BCUT2D eigenvalue weighted by atomic mass is 15.3. The molecule has 112 valence electrons. The fraction of sp³-hybridized carbons (Fsp3) is 1.00. The van der Waals surface area contributed by atoms with E-state index in [1.54, 1.807) is 0 Å². The van der Waals surface area contributed by atoms with E-state index in [4.69, 9.17) is 0 Å². The zero-order chi connectivity index (χ0) is 13.9. The monoisotopic (exact) mass is 266 g/mol. The van der Waals surface area contributed by atoms with E-state index in [1.807, 2.05) is 0 Å². The highest BCUT2D eigenvalue weighted by molar-refractivity contribution is 5.02. The molecule has 2 heteroatoms. The molecule has 1 heterocycles. The van der Waals surface area contributed by atoms with Crippen LogP contribution >= 0.6 is 0 Å². The normalized spacial score (nSPS) is 29.2. The summed E-state index contributed by atoms with van der Waals surface area (Å²) in [4.78, 5) is 2.87. The van der Waals surface area contributed by atoms with Gasteiger partial charge in [0.2, 0.25) is 0 Å². The van der Waals surface area contributed by atoms with Gasteiger partial charge >= 0.3 is 0 Å². The van der Waals surface area contributed by atoms with Gasteiger partial charge in [-0.15, -0.1) is 0 Å². The van der Waals surface area contributed by atoms with Crippen molar-refractivity contribution in [2.24, 2.45) is 11.8 Å². The lowest BCUT2D eigenvalue weighted by Gasteiger charge is -2.49. The molecule has 1 aliphatic carbocycles. The van der Waals surface area contributed by atoms with Gasteiger partial charge < -0.3 is 5.32 Å². The summed E-state index contributed by atoms with van der Waals surface area (Å²) in [5.74, 6) is 1.65. The van der Waals surface area contributed by atoms with Crippen LogP contribution in [0.1, 0.15) is 66.2 Å². The quantitative estimate of drug-likeness (QED) is 0.817. The first-order valence-electron chi connectivity index (χ1n) is 8.54. The van der Waals surface area contributed by atoms with Crippen molar-refractivity contribution in [2.75, 3.05) is 19.6 Å². The number of nitrogens with zero attached hydrogens (tertiary/aromatic N) is 1. The van der Waals surface area contributed by atoms with Crippen LogP contribution in [0.3, 0.4) is 0 Å². The molecule has 0 bridgehead atoms. The average molecular weight is 266 g/mol. The molecule has 2 nitrogen and oxygen atoms in total. The topological polar surface area (TPSA) is 15.3 Å². The van der Waals surface area contributed by atoms with Gasteiger partial charge in [0.1, 0.15) is 0 Å². The predicted octanol–water partition coefficient (Wildman–Crippen LogP) is 3.67. The zero-order valence-electron chi connectivity index (χ0n) is 13.5. The lowest BCUT2D eigenvalue weighted by Crippen LogP contribution is -2.64. The van der Waals surface area contributed by atoms with E-state index in [9.17, 15) is 0 Å². The van der Waals surface area contributed by atoms with Crippen LogP contribution in [-0.2, 0) is 0 Å². The van der Waals surface area contributed by atoms with E-state index in [2.05, 4.69) is 37.9 Å². The maximum absolute atomic E-state index is 3.86. The minimum atomic E-state index is 0.511. The first-order valence-corrected chi connectivity index (χ1v) is 8.54. The Balaban J connectivity index is 2.01. The number of rotatable bonds is 5. The van der Waals surface area contributed by atoms with Gasteiger partial charge in [-0.2, -0.15) is 0 Å². The molecule has 19 heavy (non-hydrogen) atoms. The van der Waals surface area contributed by atoms with Crippen molar-refractivity contribution in [3.63, 3.8) is 0 Å². The van der Waals surface area contributed by atoms with Crippen LogP contribution in [-0.4, -0.2) is 36.1 Å². The van der Waals surface area contributed by atoms with Gasteiger partial charge in [0.25, 0.3) is 0 Å². The van der Waals surface area contributed by atoms with Gasteiger partial charge in [-0.1, -0.05) is 47.0 Å². The van der Waals surface area contributed by atoms with Crippen LogP contribution in [0.2, 0.25) is 0 Å². The van der Waals surface area contributed by atoms with Gasteiger partial charge in [0, 0.05) is 31.2 Å². The molecular weight excluding hydrogens is 232 g/mol. The van der Waals surface area contributed by atoms with Crippen LogP contribution in [0.4, 0.5) is 0 Å². The van der Waals surface area contributed by atoms with Crippen LogP contribution in [0.25, 0.3) is 0 Å². The van der Waals surface area contributed by atoms with E-state index in [1.165, 1.54) is 58.2 Å². The van der Waals surface area contributed by atoms with Crippen molar-refractivity contribution in [3.05, 3.63) is 0 Å². The van der Waals surface area contributed by atoms with E-state index >= 15 is 0 Å². The zero-order valence-corrected chi connectivity index (χ0v) is 13.5. The molecule has 0 radical (unpaired) electrons. The Labute approximate surface area is 120 Å². The SMILES string of the molecule is CCC(C)CN1CC(CC(C)C)NCC12CCCC2. The molecule has 1 aliphatic heterocycles. The van der Waals surface area contributed by atoms with E-state index in [-0.39, 0.29) is 0 Å². The summed E-state index contributed by atoms with van der Waals surface area (Å²) in [5, 5.41) is 3.86. The Morgan fingerprint density at radius 3 is 2.47 bits per heavy atom. The number of nitrogens with one attached hydrogen (secondary N) is 1. The Kier molecular flexibility index (Phi) is 5.30. The average Bonchev–Trinajstić information content (AvgIpc) is 2.82. The predicted molar refractivity (Wildman–Crippen MR) is 83.5 cm³/mol. The third-order valence-electron chi connectivity index (χ3n) is 5.35. The number of hydrogen-bond acceptors (Lipinski definition) is 2. The van der Waals surface area contributed by atoms with Crippen LogP contribution in [0, 0.1) is 11.8 Å². The van der Waals surface area contributed by atoms with Crippen molar-refractivity contribution in [1.29, 1.82) is 0 Å². The summed E-state index contributed by atoms with van der Waals surface area (Å²) in [6, 6.07) is 0.718. The second kappa shape index (κ2) is 6.58. The minimum absolute atomic E-state index is 0.511. The fourth-order valence-electron chi connectivity index (χ4n) is 4.00. The molecule has 2 unspecified atom stereocenters. The Bertz CT molecular complexity index is 268. The van der Waals surface area contributed by atoms with Gasteiger partial charge in [-0.25, -0.2) is 0 Å². The summed E-state index contributed by atoms with van der Waals surface area (Å²) in [7, 11) is 0. The largest absolute Gasteiger partial charge is 0.311 e. The molecule has 1 N–H and O–H groups in total. The molecule has 0 aromatic heterocycles. The van der Waals surface area contributed by atoms with Crippen molar-refractivity contribution < 1.29 is 0 Å². The molecule has 0 amide bonds. The van der Waals surface area contributed by atoms with E-state index in [0.29, 0.717) is 5.54 Å². The molecular formula is C17H34N2. The van der Waals surface area contributed by atoms with Gasteiger partial charge in [-0.05, 0) is 31.1 Å². The van der Waals surface area contributed by atoms with Crippen molar-refractivity contribution in [3.8, 4) is 0 Å². The highest BCUT2D eigenvalue weighted by Gasteiger charge is 2.43. The van der Waals surface area contributed by atoms with Gasteiger partial charge in [0.15, 0.2) is 0 Å². The molecule has 1 saturated heterocycles. The summed E-state index contributed by atoms with van der Waals surface area (Å²) < 4.78 is 0. The molecule has 2 fully saturated rings.